The lowest BCUT2D eigenvalue weighted by molar-refractivity contribution is -0.385. The van der Waals surface area contributed by atoms with E-state index in [0.717, 1.165) is 18.9 Å². The van der Waals surface area contributed by atoms with Gasteiger partial charge in [0.25, 0.3) is 15.7 Å². The van der Waals surface area contributed by atoms with Gasteiger partial charge in [0.1, 0.15) is 0 Å². The molecule has 0 saturated carbocycles. The van der Waals surface area contributed by atoms with Crippen LogP contribution in [0, 0.1) is 10.1 Å². The van der Waals surface area contributed by atoms with Crippen LogP contribution in [0.1, 0.15) is 12.8 Å². The number of benzene rings is 2. The van der Waals surface area contributed by atoms with E-state index in [1.807, 2.05) is 0 Å². The fourth-order valence-electron chi connectivity index (χ4n) is 2.77. The third kappa shape index (κ3) is 5.29. The van der Waals surface area contributed by atoms with Gasteiger partial charge in [0.15, 0.2) is 0 Å². The molecular formula is C17H19N3O7S2. The highest BCUT2D eigenvalue weighted by molar-refractivity contribution is 7.92. The van der Waals surface area contributed by atoms with E-state index in [4.69, 9.17) is 4.74 Å². The number of non-ortho nitro benzene ring substituents is 1. The van der Waals surface area contributed by atoms with Crippen LogP contribution in [-0.4, -0.2) is 41.0 Å². The van der Waals surface area contributed by atoms with Gasteiger partial charge in [-0.2, -0.15) is 0 Å². The Morgan fingerprint density at radius 3 is 2.38 bits per heavy atom. The van der Waals surface area contributed by atoms with Crippen molar-refractivity contribution in [2.45, 2.75) is 28.7 Å². The van der Waals surface area contributed by atoms with Gasteiger partial charge >= 0.3 is 0 Å². The van der Waals surface area contributed by atoms with E-state index in [1.54, 1.807) is 0 Å². The average molecular weight is 441 g/mol. The number of sulfonamides is 2. The molecule has 3 rings (SSSR count). The summed E-state index contributed by atoms with van der Waals surface area (Å²) in [4.78, 5) is 9.84. The van der Waals surface area contributed by atoms with Crippen LogP contribution in [0.5, 0.6) is 0 Å². The monoisotopic (exact) mass is 441 g/mol. The van der Waals surface area contributed by atoms with Crippen molar-refractivity contribution in [1.29, 1.82) is 0 Å². The predicted octanol–water partition coefficient (Wildman–Crippen LogP) is 1.85. The molecule has 1 atom stereocenters. The van der Waals surface area contributed by atoms with Gasteiger partial charge in [-0.3, -0.25) is 14.8 Å². The Labute approximate surface area is 168 Å². The summed E-state index contributed by atoms with van der Waals surface area (Å²) in [5.41, 5.74) is -0.235. The molecule has 1 saturated heterocycles. The topological polar surface area (TPSA) is 145 Å². The molecule has 156 valence electrons. The van der Waals surface area contributed by atoms with Crippen molar-refractivity contribution in [1.82, 2.24) is 4.72 Å². The van der Waals surface area contributed by atoms with E-state index in [2.05, 4.69) is 9.44 Å². The van der Waals surface area contributed by atoms with Crippen molar-refractivity contribution >= 4 is 31.4 Å². The first-order valence-corrected chi connectivity index (χ1v) is 11.6. The van der Waals surface area contributed by atoms with Crippen LogP contribution in [0.2, 0.25) is 0 Å². The van der Waals surface area contributed by atoms with Crippen molar-refractivity contribution in [2.24, 2.45) is 0 Å². The fraction of sp³-hybridized carbons (Fsp3) is 0.294. The summed E-state index contributed by atoms with van der Waals surface area (Å²) < 4.78 is 59.7. The summed E-state index contributed by atoms with van der Waals surface area (Å²) in [7, 11) is -7.83. The fourth-order valence-corrected chi connectivity index (χ4v) is 4.94. The molecule has 0 radical (unpaired) electrons. The van der Waals surface area contributed by atoms with Gasteiger partial charge in [-0.25, -0.2) is 21.6 Å². The number of hydrogen-bond acceptors (Lipinski definition) is 7. The van der Waals surface area contributed by atoms with Crippen LogP contribution >= 0.6 is 0 Å². The highest BCUT2D eigenvalue weighted by atomic mass is 32.2. The normalized spacial score (nSPS) is 17.2. The molecule has 2 N–H and O–H groups in total. The molecule has 1 aliphatic heterocycles. The molecule has 2 aromatic carbocycles. The number of nitro benzene ring substituents is 1. The first kappa shape index (κ1) is 21.2. The lowest BCUT2D eigenvalue weighted by Crippen LogP contribution is -2.31. The summed E-state index contributed by atoms with van der Waals surface area (Å²) in [6.45, 7) is 0.787. The van der Waals surface area contributed by atoms with E-state index in [-0.39, 0.29) is 33.8 Å². The third-order valence-electron chi connectivity index (χ3n) is 4.28. The number of hydrogen-bond donors (Lipinski definition) is 2. The Balaban J connectivity index is 1.71. The molecule has 0 unspecified atom stereocenters. The number of nitrogens with zero attached hydrogens (tertiary/aromatic N) is 1. The highest BCUT2D eigenvalue weighted by Gasteiger charge is 2.21. The van der Waals surface area contributed by atoms with Gasteiger partial charge in [-0.05, 0) is 43.2 Å². The molecule has 10 nitrogen and oxygen atoms in total. The molecule has 1 heterocycles. The first-order valence-electron chi connectivity index (χ1n) is 8.66. The van der Waals surface area contributed by atoms with E-state index in [9.17, 15) is 26.9 Å². The quantitative estimate of drug-likeness (QED) is 0.470. The minimum absolute atomic E-state index is 0.0196. The van der Waals surface area contributed by atoms with E-state index >= 15 is 0 Å². The molecule has 0 aliphatic carbocycles. The summed E-state index contributed by atoms with van der Waals surface area (Å²) in [5, 5.41) is 10.8. The lowest BCUT2D eigenvalue weighted by atomic mass is 10.2. The molecule has 0 spiro atoms. The molecule has 12 heteroatoms. The maximum absolute atomic E-state index is 12.4. The smallest absolute Gasteiger partial charge is 0.270 e. The van der Waals surface area contributed by atoms with Crippen molar-refractivity contribution in [3.63, 3.8) is 0 Å². The molecule has 1 fully saturated rings. The van der Waals surface area contributed by atoms with Crippen LogP contribution in [0.15, 0.2) is 58.3 Å². The average Bonchev–Trinajstić information content (AvgIpc) is 3.20. The number of ether oxygens (including phenoxy) is 1. The van der Waals surface area contributed by atoms with Crippen molar-refractivity contribution < 1.29 is 26.5 Å². The standard InChI is InChI=1S/C17H19N3O7S2/c21-20(22)14-3-1-5-17(11-14)29(25,26)19-13-6-8-16(9-7-13)28(23,24)18-12-15-4-2-10-27-15/h1,3,5-9,11,15,18-19H,2,4,10,12H2/t15-/m1/s1. The molecular weight excluding hydrogens is 422 g/mol. The summed E-state index contributed by atoms with van der Waals surface area (Å²) in [5.74, 6) is 0. The first-order chi connectivity index (χ1) is 13.7. The zero-order valence-electron chi connectivity index (χ0n) is 15.1. The van der Waals surface area contributed by atoms with Gasteiger partial charge in [-0.15, -0.1) is 0 Å². The Morgan fingerprint density at radius 2 is 1.76 bits per heavy atom. The Hall–Kier alpha value is -2.54. The van der Waals surface area contributed by atoms with Crippen molar-refractivity contribution in [3.8, 4) is 0 Å². The molecule has 0 bridgehead atoms. The van der Waals surface area contributed by atoms with Gasteiger partial charge in [0.05, 0.1) is 20.8 Å². The van der Waals surface area contributed by atoms with Crippen LogP contribution in [0.3, 0.4) is 0 Å². The molecule has 2 aromatic rings. The zero-order valence-corrected chi connectivity index (χ0v) is 16.8. The molecule has 1 aliphatic rings. The number of rotatable bonds is 8. The largest absolute Gasteiger partial charge is 0.377 e. The van der Waals surface area contributed by atoms with Crippen molar-refractivity contribution in [2.75, 3.05) is 17.9 Å². The van der Waals surface area contributed by atoms with E-state index < -0.39 is 25.0 Å². The van der Waals surface area contributed by atoms with Crippen LogP contribution < -0.4 is 9.44 Å². The Morgan fingerprint density at radius 1 is 1.03 bits per heavy atom. The van der Waals surface area contributed by atoms with Gasteiger partial charge in [0, 0.05) is 31.0 Å². The second kappa shape index (κ2) is 8.45. The van der Waals surface area contributed by atoms with E-state index in [0.29, 0.717) is 6.61 Å². The van der Waals surface area contributed by atoms with Crippen LogP contribution in [-0.2, 0) is 24.8 Å². The van der Waals surface area contributed by atoms with Crippen LogP contribution in [0.25, 0.3) is 0 Å². The summed E-state index contributed by atoms with van der Waals surface area (Å²) >= 11 is 0. The number of nitrogens with one attached hydrogen (secondary N) is 2. The summed E-state index contributed by atoms with van der Waals surface area (Å²) in [6, 6.07) is 9.75. The Bertz CT molecular complexity index is 1090. The van der Waals surface area contributed by atoms with Gasteiger partial charge in [0.2, 0.25) is 10.0 Å². The maximum Gasteiger partial charge on any atom is 0.270 e. The number of anilines is 1. The predicted molar refractivity (Wildman–Crippen MR) is 105 cm³/mol. The van der Waals surface area contributed by atoms with Gasteiger partial charge < -0.3 is 4.74 Å². The van der Waals surface area contributed by atoms with Crippen molar-refractivity contribution in [3.05, 3.63) is 58.6 Å². The lowest BCUT2D eigenvalue weighted by Gasteiger charge is -2.12. The van der Waals surface area contributed by atoms with Crippen LogP contribution in [0.4, 0.5) is 11.4 Å². The molecule has 0 amide bonds. The minimum atomic E-state index is -4.08. The molecule has 0 aromatic heterocycles. The second-order valence-corrected chi connectivity index (χ2v) is 9.82. The van der Waals surface area contributed by atoms with Gasteiger partial charge in [-0.1, -0.05) is 6.07 Å². The summed E-state index contributed by atoms with van der Waals surface area (Å²) in [6.07, 6.45) is 1.54. The third-order valence-corrected chi connectivity index (χ3v) is 7.10. The minimum Gasteiger partial charge on any atom is -0.377 e. The Kier molecular flexibility index (Phi) is 6.17. The second-order valence-electron chi connectivity index (χ2n) is 6.37. The SMILES string of the molecule is O=[N+]([O-])c1cccc(S(=O)(=O)Nc2ccc(S(=O)(=O)NC[C@H]3CCCO3)cc2)c1. The zero-order chi connectivity index (χ0) is 21.1. The maximum atomic E-state index is 12.4. The highest BCUT2D eigenvalue weighted by Crippen LogP contribution is 2.22. The molecule has 29 heavy (non-hydrogen) atoms. The number of nitro groups is 1. The van der Waals surface area contributed by atoms with E-state index in [1.165, 1.54) is 42.5 Å².